The summed E-state index contributed by atoms with van der Waals surface area (Å²) in [4.78, 5) is 12.2. The van der Waals surface area contributed by atoms with E-state index in [1.807, 2.05) is 27.0 Å². The SMILES string of the molecule is COc1cc(OC)cc(C(=O)N/N=C\c2cc(C)n(C)c2C)c1. The van der Waals surface area contributed by atoms with Gasteiger partial charge in [0.2, 0.25) is 0 Å². The predicted octanol–water partition coefficient (Wildman–Crippen LogP) is 2.42. The van der Waals surface area contributed by atoms with Crippen LogP contribution in [0, 0.1) is 13.8 Å². The van der Waals surface area contributed by atoms with Crippen LogP contribution in [0.5, 0.6) is 11.5 Å². The average Bonchev–Trinajstić information content (AvgIpc) is 2.81. The van der Waals surface area contributed by atoms with Crippen molar-refractivity contribution in [3.63, 3.8) is 0 Å². The Morgan fingerprint density at radius 1 is 1.13 bits per heavy atom. The third kappa shape index (κ3) is 3.71. The van der Waals surface area contributed by atoms with Crippen LogP contribution in [0.2, 0.25) is 0 Å². The number of rotatable bonds is 5. The molecular weight excluding hydrogens is 294 g/mol. The molecule has 2 aromatic rings. The number of ether oxygens (including phenoxy) is 2. The molecule has 0 aliphatic carbocycles. The van der Waals surface area contributed by atoms with Crippen LogP contribution >= 0.6 is 0 Å². The van der Waals surface area contributed by atoms with Gasteiger partial charge in [-0.1, -0.05) is 0 Å². The highest BCUT2D eigenvalue weighted by Gasteiger charge is 2.09. The van der Waals surface area contributed by atoms with Crippen LogP contribution in [-0.4, -0.2) is 30.9 Å². The number of hydrazone groups is 1. The molecule has 0 aliphatic rings. The number of amides is 1. The lowest BCUT2D eigenvalue weighted by Gasteiger charge is -2.07. The molecule has 6 heteroatoms. The minimum atomic E-state index is -0.330. The molecule has 0 saturated carbocycles. The zero-order valence-electron chi connectivity index (χ0n) is 14.0. The molecule has 0 saturated heterocycles. The maximum absolute atomic E-state index is 12.2. The van der Waals surface area contributed by atoms with Gasteiger partial charge in [0.05, 0.1) is 20.4 Å². The second-order valence-corrected chi connectivity index (χ2v) is 5.19. The van der Waals surface area contributed by atoms with Gasteiger partial charge in [0, 0.05) is 35.6 Å². The molecule has 122 valence electrons. The largest absolute Gasteiger partial charge is 0.497 e. The quantitative estimate of drug-likeness (QED) is 0.681. The third-order valence-electron chi connectivity index (χ3n) is 3.80. The Morgan fingerprint density at radius 3 is 2.22 bits per heavy atom. The summed E-state index contributed by atoms with van der Waals surface area (Å²) in [5.74, 6) is 0.768. The van der Waals surface area contributed by atoms with E-state index in [1.165, 1.54) is 14.2 Å². The first-order chi connectivity index (χ1) is 11.0. The maximum atomic E-state index is 12.2. The fourth-order valence-electron chi connectivity index (χ4n) is 2.18. The summed E-state index contributed by atoms with van der Waals surface area (Å²) in [5.41, 5.74) is 6.12. The van der Waals surface area contributed by atoms with Gasteiger partial charge in [-0.2, -0.15) is 5.10 Å². The summed E-state index contributed by atoms with van der Waals surface area (Å²) < 4.78 is 12.4. The van der Waals surface area contributed by atoms with E-state index in [-0.39, 0.29) is 5.91 Å². The Morgan fingerprint density at radius 2 is 1.74 bits per heavy atom. The van der Waals surface area contributed by atoms with Gasteiger partial charge in [0.15, 0.2) is 0 Å². The number of aromatic nitrogens is 1. The molecule has 1 aromatic carbocycles. The van der Waals surface area contributed by atoms with Crippen LogP contribution in [0.4, 0.5) is 0 Å². The minimum absolute atomic E-state index is 0.330. The van der Waals surface area contributed by atoms with Crippen molar-refractivity contribution >= 4 is 12.1 Å². The molecule has 1 aromatic heterocycles. The third-order valence-corrected chi connectivity index (χ3v) is 3.80. The van der Waals surface area contributed by atoms with E-state index in [9.17, 15) is 4.79 Å². The van der Waals surface area contributed by atoms with E-state index in [1.54, 1.807) is 24.4 Å². The Hall–Kier alpha value is -2.76. The molecule has 23 heavy (non-hydrogen) atoms. The van der Waals surface area contributed by atoms with Crippen LogP contribution in [0.25, 0.3) is 0 Å². The van der Waals surface area contributed by atoms with Crippen molar-refractivity contribution in [2.45, 2.75) is 13.8 Å². The minimum Gasteiger partial charge on any atom is -0.497 e. The molecule has 0 fully saturated rings. The highest BCUT2D eigenvalue weighted by molar-refractivity contribution is 5.95. The van der Waals surface area contributed by atoms with Crippen LogP contribution in [0.15, 0.2) is 29.4 Å². The number of hydrogen-bond acceptors (Lipinski definition) is 4. The first-order valence-corrected chi connectivity index (χ1v) is 7.15. The van der Waals surface area contributed by atoms with Gasteiger partial charge >= 0.3 is 0 Å². The Bertz CT molecular complexity index is 726. The molecule has 0 radical (unpaired) electrons. The van der Waals surface area contributed by atoms with Gasteiger partial charge in [-0.05, 0) is 32.0 Å². The number of carbonyl (C=O) groups excluding carboxylic acids is 1. The van der Waals surface area contributed by atoms with Crippen molar-refractivity contribution in [2.75, 3.05) is 14.2 Å². The number of nitrogens with zero attached hydrogens (tertiary/aromatic N) is 2. The lowest BCUT2D eigenvalue weighted by atomic mass is 10.2. The fraction of sp³-hybridized carbons (Fsp3) is 0.294. The van der Waals surface area contributed by atoms with Crippen molar-refractivity contribution in [1.82, 2.24) is 9.99 Å². The van der Waals surface area contributed by atoms with Crippen molar-refractivity contribution in [1.29, 1.82) is 0 Å². The molecule has 1 N–H and O–H groups in total. The van der Waals surface area contributed by atoms with E-state index in [4.69, 9.17) is 9.47 Å². The van der Waals surface area contributed by atoms with E-state index in [2.05, 4.69) is 15.1 Å². The molecular formula is C17H21N3O3. The monoisotopic (exact) mass is 315 g/mol. The standard InChI is InChI=1S/C17H21N3O3/c1-11-6-14(12(2)20(11)3)10-18-19-17(21)13-7-15(22-4)9-16(8-13)23-5/h6-10H,1-5H3,(H,19,21)/b18-10-. The molecule has 1 heterocycles. The molecule has 6 nitrogen and oxygen atoms in total. The molecule has 0 atom stereocenters. The van der Waals surface area contributed by atoms with Gasteiger partial charge in [0.25, 0.3) is 5.91 Å². The fourth-order valence-corrected chi connectivity index (χ4v) is 2.18. The maximum Gasteiger partial charge on any atom is 0.271 e. The molecule has 0 spiro atoms. The van der Waals surface area contributed by atoms with Crippen molar-refractivity contribution < 1.29 is 14.3 Å². The summed E-state index contributed by atoms with van der Waals surface area (Å²) in [7, 11) is 5.06. The number of hydrogen-bond donors (Lipinski definition) is 1. The first-order valence-electron chi connectivity index (χ1n) is 7.15. The first kappa shape index (κ1) is 16.6. The summed E-state index contributed by atoms with van der Waals surface area (Å²) in [6, 6.07) is 6.98. The van der Waals surface area contributed by atoms with Crippen LogP contribution in [0.3, 0.4) is 0 Å². The highest BCUT2D eigenvalue weighted by atomic mass is 16.5. The number of carbonyl (C=O) groups is 1. The Kier molecular flexibility index (Phi) is 5.05. The van der Waals surface area contributed by atoms with E-state index in [0.717, 1.165) is 17.0 Å². The van der Waals surface area contributed by atoms with Crippen LogP contribution < -0.4 is 14.9 Å². The highest BCUT2D eigenvalue weighted by Crippen LogP contribution is 2.22. The van der Waals surface area contributed by atoms with Gasteiger partial charge in [0.1, 0.15) is 11.5 Å². The second kappa shape index (κ2) is 7.00. The molecule has 0 aliphatic heterocycles. The van der Waals surface area contributed by atoms with E-state index >= 15 is 0 Å². The molecule has 2 rings (SSSR count). The van der Waals surface area contributed by atoms with E-state index in [0.29, 0.717) is 17.1 Å². The van der Waals surface area contributed by atoms with Crippen molar-refractivity contribution in [2.24, 2.45) is 12.1 Å². The lowest BCUT2D eigenvalue weighted by Crippen LogP contribution is -2.17. The van der Waals surface area contributed by atoms with Gasteiger partial charge in [-0.3, -0.25) is 4.79 Å². The summed E-state index contributed by atoms with van der Waals surface area (Å²) >= 11 is 0. The molecule has 0 unspecified atom stereocenters. The number of methoxy groups -OCH3 is 2. The number of benzene rings is 1. The Labute approximate surface area is 135 Å². The van der Waals surface area contributed by atoms with Gasteiger partial charge in [-0.25, -0.2) is 5.43 Å². The van der Waals surface area contributed by atoms with Crippen molar-refractivity contribution in [3.05, 3.63) is 46.8 Å². The van der Waals surface area contributed by atoms with Crippen LogP contribution in [0.1, 0.15) is 27.3 Å². The summed E-state index contributed by atoms with van der Waals surface area (Å²) in [6.45, 7) is 4.02. The summed E-state index contributed by atoms with van der Waals surface area (Å²) in [6.07, 6.45) is 1.64. The molecule has 1 amide bonds. The number of nitrogens with one attached hydrogen (secondary N) is 1. The van der Waals surface area contributed by atoms with Gasteiger partial charge in [-0.15, -0.1) is 0 Å². The second-order valence-electron chi connectivity index (χ2n) is 5.19. The zero-order chi connectivity index (χ0) is 17.0. The Balaban J connectivity index is 2.13. The predicted molar refractivity (Wildman–Crippen MR) is 89.5 cm³/mol. The van der Waals surface area contributed by atoms with Crippen molar-refractivity contribution in [3.8, 4) is 11.5 Å². The molecule has 0 bridgehead atoms. The zero-order valence-corrected chi connectivity index (χ0v) is 14.0. The lowest BCUT2D eigenvalue weighted by molar-refractivity contribution is 0.0954. The topological polar surface area (TPSA) is 64.8 Å². The summed E-state index contributed by atoms with van der Waals surface area (Å²) in [5, 5.41) is 4.02. The smallest absolute Gasteiger partial charge is 0.271 e. The van der Waals surface area contributed by atoms with Crippen LogP contribution in [-0.2, 0) is 7.05 Å². The number of aryl methyl sites for hydroxylation is 1. The normalized spacial score (nSPS) is 10.8. The average molecular weight is 315 g/mol. The van der Waals surface area contributed by atoms with Gasteiger partial charge < -0.3 is 14.0 Å². The van der Waals surface area contributed by atoms with E-state index < -0.39 is 0 Å².